The molecule has 0 amide bonds. The Balaban J connectivity index is 4.46. The highest BCUT2D eigenvalue weighted by molar-refractivity contribution is 5.70. The summed E-state index contributed by atoms with van der Waals surface area (Å²) in [5, 5.41) is 11.6. The van der Waals surface area contributed by atoms with Crippen molar-refractivity contribution in [2.24, 2.45) is 0 Å². The molecule has 0 saturated heterocycles. The summed E-state index contributed by atoms with van der Waals surface area (Å²) < 4.78 is 17.0. The van der Waals surface area contributed by atoms with Gasteiger partial charge in [-0.05, 0) is 70.6 Å². The Labute approximate surface area is 298 Å². The molecular weight excluding hydrogens is 618 g/mol. The monoisotopic (exact) mass is 688 g/mol. The van der Waals surface area contributed by atoms with E-state index in [1.54, 1.807) is 21.1 Å². The maximum atomic E-state index is 12.6. The lowest BCUT2D eigenvalue weighted by atomic mass is 10.1. The fourth-order valence-corrected chi connectivity index (χ4v) is 5.00. The molecule has 0 aromatic carbocycles. The van der Waals surface area contributed by atoms with Crippen molar-refractivity contribution >= 4 is 17.9 Å². The highest BCUT2D eigenvalue weighted by Crippen LogP contribution is 2.12. The summed E-state index contributed by atoms with van der Waals surface area (Å²) in [6.07, 6.45) is 36.9. The molecule has 0 aromatic heterocycles. The van der Waals surface area contributed by atoms with Gasteiger partial charge < -0.3 is 28.6 Å². The zero-order chi connectivity index (χ0) is 36.4. The van der Waals surface area contributed by atoms with Crippen LogP contribution in [0.25, 0.3) is 0 Å². The second-order valence-electron chi connectivity index (χ2n) is 13.4. The molecule has 0 fully saturated rings. The van der Waals surface area contributed by atoms with Gasteiger partial charge >= 0.3 is 11.9 Å². The molecule has 0 aromatic rings. The van der Waals surface area contributed by atoms with Gasteiger partial charge in [0.25, 0.3) is 0 Å². The third-order valence-corrected chi connectivity index (χ3v) is 7.90. The molecule has 0 bridgehead atoms. The second-order valence-corrected chi connectivity index (χ2v) is 13.4. The van der Waals surface area contributed by atoms with E-state index in [0.717, 1.165) is 83.5 Å². The molecule has 8 heteroatoms. The molecule has 0 aliphatic heterocycles. The summed E-state index contributed by atoms with van der Waals surface area (Å²) in [6.45, 7) is 4.34. The van der Waals surface area contributed by atoms with E-state index >= 15 is 0 Å². The van der Waals surface area contributed by atoms with Gasteiger partial charge in [-0.25, -0.2) is 0 Å². The van der Waals surface area contributed by atoms with E-state index < -0.39 is 18.1 Å². The number of hydrogen-bond acceptors (Lipinski definition) is 7. The van der Waals surface area contributed by atoms with Crippen molar-refractivity contribution in [3.8, 4) is 0 Å². The second kappa shape index (κ2) is 32.2. The Bertz CT molecular complexity index is 990. The molecule has 2 unspecified atom stereocenters. The molecule has 280 valence electrons. The van der Waals surface area contributed by atoms with E-state index in [2.05, 4.69) is 74.6 Å². The molecular formula is C41H69NO7. The molecule has 0 aliphatic rings. The van der Waals surface area contributed by atoms with Gasteiger partial charge in [-0.1, -0.05) is 100 Å². The SMILES string of the molecule is CC/C=C/C/C=C/C/C=C/CCCCCCCCC(=O)OC(COCCC(C(=O)[O-])[N+](C)(C)C)COC(=O)CCCC/C=C/C/C=C/CC. The van der Waals surface area contributed by atoms with Crippen LogP contribution in [0.3, 0.4) is 0 Å². The lowest BCUT2D eigenvalue weighted by Crippen LogP contribution is -2.55. The molecule has 2 atom stereocenters. The first-order valence-electron chi connectivity index (χ1n) is 18.8. The quantitative estimate of drug-likeness (QED) is 0.0305. The van der Waals surface area contributed by atoms with Crippen LogP contribution in [0.1, 0.15) is 129 Å². The minimum Gasteiger partial charge on any atom is -0.544 e. The van der Waals surface area contributed by atoms with Crippen molar-refractivity contribution in [1.82, 2.24) is 0 Å². The average molecular weight is 688 g/mol. The van der Waals surface area contributed by atoms with Gasteiger partial charge in [0.1, 0.15) is 12.6 Å². The van der Waals surface area contributed by atoms with Crippen molar-refractivity contribution in [1.29, 1.82) is 0 Å². The summed E-state index contributed by atoms with van der Waals surface area (Å²) in [5.74, 6) is -1.81. The van der Waals surface area contributed by atoms with E-state index in [1.165, 1.54) is 12.8 Å². The van der Waals surface area contributed by atoms with E-state index in [0.29, 0.717) is 12.8 Å². The Kier molecular flexibility index (Phi) is 30.3. The Morgan fingerprint density at radius 2 is 1.08 bits per heavy atom. The fourth-order valence-electron chi connectivity index (χ4n) is 5.00. The third kappa shape index (κ3) is 30.8. The number of esters is 2. The van der Waals surface area contributed by atoms with Gasteiger partial charge in [0, 0.05) is 19.3 Å². The standard InChI is InChI=1S/C41H69NO7/c1-6-8-10-12-14-16-17-18-19-20-21-22-24-26-28-30-32-40(44)49-37(35-47-34-33-38(41(45)46)42(3,4)5)36-48-39(43)31-29-27-25-23-15-13-11-9-7-2/h8-11,14-16,18-19,23,37-38H,6-7,12-13,17,20-22,24-36H2,1-5H3/b10-8+,11-9+,16-14+,19-18+,23-15+. The number of hydrogen-bond donors (Lipinski definition) is 0. The molecule has 0 heterocycles. The van der Waals surface area contributed by atoms with Gasteiger partial charge in [0.05, 0.1) is 40.3 Å². The number of allylic oxidation sites excluding steroid dienone is 10. The van der Waals surface area contributed by atoms with Crippen LogP contribution in [0.2, 0.25) is 0 Å². The summed E-state index contributed by atoms with van der Waals surface area (Å²) in [5.41, 5.74) is 0. The number of carbonyl (C=O) groups excluding carboxylic acids is 3. The van der Waals surface area contributed by atoms with E-state index in [-0.39, 0.29) is 42.7 Å². The molecule has 0 aliphatic carbocycles. The average Bonchev–Trinajstić information content (AvgIpc) is 3.05. The number of rotatable bonds is 32. The molecule has 0 N–H and O–H groups in total. The van der Waals surface area contributed by atoms with Crippen LogP contribution in [-0.2, 0) is 28.6 Å². The fraction of sp³-hybridized carbons (Fsp3) is 0.683. The summed E-state index contributed by atoms with van der Waals surface area (Å²) >= 11 is 0. The van der Waals surface area contributed by atoms with Crippen LogP contribution in [0.5, 0.6) is 0 Å². The minimum atomic E-state index is -1.14. The highest BCUT2D eigenvalue weighted by atomic mass is 16.6. The lowest BCUT2D eigenvalue weighted by Gasteiger charge is -2.34. The number of ether oxygens (including phenoxy) is 3. The van der Waals surface area contributed by atoms with Crippen molar-refractivity contribution in [3.63, 3.8) is 0 Å². The van der Waals surface area contributed by atoms with Crippen molar-refractivity contribution in [3.05, 3.63) is 60.8 Å². The van der Waals surface area contributed by atoms with Gasteiger partial charge in [-0.2, -0.15) is 0 Å². The maximum Gasteiger partial charge on any atom is 0.306 e. The first-order valence-corrected chi connectivity index (χ1v) is 18.8. The van der Waals surface area contributed by atoms with Crippen LogP contribution in [0.15, 0.2) is 60.8 Å². The minimum absolute atomic E-state index is 0.0221. The number of carbonyl (C=O) groups is 3. The number of quaternary nitrogens is 1. The number of carboxylic acid groups (broad SMARTS) is 1. The molecule has 0 rings (SSSR count). The van der Waals surface area contributed by atoms with Gasteiger partial charge in [0.15, 0.2) is 6.10 Å². The van der Waals surface area contributed by atoms with E-state index in [1.807, 2.05) is 0 Å². The molecule has 8 nitrogen and oxygen atoms in total. The number of unbranched alkanes of at least 4 members (excludes halogenated alkanes) is 8. The third-order valence-electron chi connectivity index (χ3n) is 7.90. The normalized spacial score (nSPS) is 13.7. The molecule has 0 spiro atoms. The number of nitrogens with zero attached hydrogens (tertiary/aromatic N) is 1. The van der Waals surface area contributed by atoms with E-state index in [4.69, 9.17) is 14.2 Å². The number of carboxylic acids is 1. The number of aliphatic carboxylic acids is 1. The zero-order valence-corrected chi connectivity index (χ0v) is 31.6. The molecule has 0 radical (unpaired) electrons. The predicted octanol–water partition coefficient (Wildman–Crippen LogP) is 8.13. The topological polar surface area (TPSA) is 102 Å². The largest absolute Gasteiger partial charge is 0.544 e. The van der Waals surface area contributed by atoms with Crippen molar-refractivity contribution in [2.75, 3.05) is 41.0 Å². The Morgan fingerprint density at radius 1 is 0.612 bits per heavy atom. The summed E-state index contributed by atoms with van der Waals surface area (Å²) in [7, 11) is 5.37. The maximum absolute atomic E-state index is 12.6. The molecule has 49 heavy (non-hydrogen) atoms. The van der Waals surface area contributed by atoms with Crippen LogP contribution in [-0.4, -0.2) is 75.5 Å². The van der Waals surface area contributed by atoms with Crippen LogP contribution in [0.4, 0.5) is 0 Å². The first kappa shape index (κ1) is 46.0. The molecule has 0 saturated carbocycles. The smallest absolute Gasteiger partial charge is 0.306 e. The summed E-state index contributed by atoms with van der Waals surface area (Å²) in [6, 6.07) is -0.733. The predicted molar refractivity (Wildman–Crippen MR) is 199 cm³/mol. The lowest BCUT2D eigenvalue weighted by molar-refractivity contribution is -0.889. The van der Waals surface area contributed by atoms with Crippen LogP contribution >= 0.6 is 0 Å². The first-order chi connectivity index (χ1) is 23.6. The van der Waals surface area contributed by atoms with Crippen molar-refractivity contribution < 1.29 is 38.2 Å². The van der Waals surface area contributed by atoms with Gasteiger partial charge in [-0.3, -0.25) is 9.59 Å². The Hall–Kier alpha value is -2.97. The zero-order valence-electron chi connectivity index (χ0n) is 31.6. The van der Waals surface area contributed by atoms with Crippen molar-refractivity contribution in [2.45, 2.75) is 142 Å². The summed E-state index contributed by atoms with van der Waals surface area (Å²) in [4.78, 5) is 36.6. The Morgan fingerprint density at radius 3 is 1.63 bits per heavy atom. The van der Waals surface area contributed by atoms with Gasteiger partial charge in [-0.15, -0.1) is 0 Å². The van der Waals surface area contributed by atoms with Crippen LogP contribution < -0.4 is 5.11 Å². The van der Waals surface area contributed by atoms with Gasteiger partial charge in [0.2, 0.25) is 0 Å². The van der Waals surface area contributed by atoms with Crippen LogP contribution in [0, 0.1) is 0 Å². The number of likely N-dealkylation sites (N-methyl/N-ethyl adjacent to an activating group) is 1. The highest BCUT2D eigenvalue weighted by Gasteiger charge is 2.25. The van der Waals surface area contributed by atoms with E-state index in [9.17, 15) is 19.5 Å².